The van der Waals surface area contributed by atoms with Crippen LogP contribution in [0.25, 0.3) is 0 Å². The fraction of sp³-hybridized carbons (Fsp3) is 1.00. The van der Waals surface area contributed by atoms with Gasteiger partial charge < -0.3 is 10.2 Å². The first-order valence-electron chi connectivity index (χ1n) is 7.43. The SMILES string of the molecule is C1CNC(CN(CC2CC2)CC2CCSC2)C1. The fourth-order valence-electron chi connectivity index (χ4n) is 3.21. The summed E-state index contributed by atoms with van der Waals surface area (Å²) in [6.07, 6.45) is 7.24. The molecule has 0 spiro atoms. The third-order valence-electron chi connectivity index (χ3n) is 4.39. The van der Waals surface area contributed by atoms with Crippen LogP contribution in [0.1, 0.15) is 32.1 Å². The molecule has 17 heavy (non-hydrogen) atoms. The van der Waals surface area contributed by atoms with Crippen LogP contribution in [0, 0.1) is 11.8 Å². The van der Waals surface area contributed by atoms with Crippen LogP contribution in [-0.4, -0.2) is 48.6 Å². The Labute approximate surface area is 110 Å². The molecule has 2 unspecified atom stereocenters. The van der Waals surface area contributed by atoms with Crippen molar-refractivity contribution in [3.05, 3.63) is 0 Å². The van der Waals surface area contributed by atoms with Gasteiger partial charge in [0.1, 0.15) is 0 Å². The molecule has 98 valence electrons. The summed E-state index contributed by atoms with van der Waals surface area (Å²) in [6.45, 7) is 5.33. The van der Waals surface area contributed by atoms with Crippen LogP contribution < -0.4 is 5.32 Å². The Morgan fingerprint density at radius 3 is 2.53 bits per heavy atom. The van der Waals surface area contributed by atoms with Gasteiger partial charge in [0.15, 0.2) is 0 Å². The Balaban J connectivity index is 1.47. The number of nitrogens with zero attached hydrogens (tertiary/aromatic N) is 1. The second-order valence-electron chi connectivity index (χ2n) is 6.18. The lowest BCUT2D eigenvalue weighted by Crippen LogP contribution is -2.41. The highest BCUT2D eigenvalue weighted by Gasteiger charge is 2.28. The summed E-state index contributed by atoms with van der Waals surface area (Å²) >= 11 is 2.16. The predicted molar refractivity (Wildman–Crippen MR) is 75.6 cm³/mol. The zero-order chi connectivity index (χ0) is 11.5. The Morgan fingerprint density at radius 2 is 1.88 bits per heavy atom. The van der Waals surface area contributed by atoms with Gasteiger partial charge in [-0.1, -0.05) is 0 Å². The number of hydrogen-bond donors (Lipinski definition) is 1. The van der Waals surface area contributed by atoms with E-state index in [1.165, 1.54) is 69.8 Å². The largest absolute Gasteiger partial charge is 0.313 e. The molecule has 0 amide bonds. The van der Waals surface area contributed by atoms with Crippen LogP contribution in [0.15, 0.2) is 0 Å². The van der Waals surface area contributed by atoms with Gasteiger partial charge in [0.2, 0.25) is 0 Å². The number of hydrogen-bond acceptors (Lipinski definition) is 3. The maximum Gasteiger partial charge on any atom is 0.0195 e. The summed E-state index contributed by atoms with van der Waals surface area (Å²) in [4.78, 5) is 2.79. The molecule has 0 bridgehead atoms. The fourth-order valence-corrected chi connectivity index (χ4v) is 4.48. The molecule has 2 heterocycles. The molecule has 0 aromatic carbocycles. The highest BCUT2D eigenvalue weighted by molar-refractivity contribution is 7.99. The van der Waals surface area contributed by atoms with E-state index in [0.29, 0.717) is 0 Å². The van der Waals surface area contributed by atoms with Crippen molar-refractivity contribution in [2.24, 2.45) is 11.8 Å². The van der Waals surface area contributed by atoms with E-state index in [0.717, 1.165) is 17.9 Å². The third kappa shape index (κ3) is 3.87. The van der Waals surface area contributed by atoms with Crippen molar-refractivity contribution in [3.8, 4) is 0 Å². The van der Waals surface area contributed by atoms with Crippen molar-refractivity contribution in [1.29, 1.82) is 0 Å². The molecular weight excluding hydrogens is 228 g/mol. The van der Waals surface area contributed by atoms with Gasteiger partial charge in [-0.15, -0.1) is 0 Å². The lowest BCUT2D eigenvalue weighted by Gasteiger charge is -2.28. The molecule has 1 aliphatic carbocycles. The average molecular weight is 254 g/mol. The first-order chi connectivity index (χ1) is 8.40. The molecule has 2 saturated heterocycles. The van der Waals surface area contributed by atoms with Gasteiger partial charge in [-0.05, 0) is 62.0 Å². The highest BCUT2D eigenvalue weighted by atomic mass is 32.2. The van der Waals surface area contributed by atoms with Crippen molar-refractivity contribution in [2.75, 3.05) is 37.7 Å². The van der Waals surface area contributed by atoms with Crippen molar-refractivity contribution in [1.82, 2.24) is 10.2 Å². The summed E-state index contributed by atoms with van der Waals surface area (Å²) in [5.41, 5.74) is 0. The monoisotopic (exact) mass is 254 g/mol. The van der Waals surface area contributed by atoms with Gasteiger partial charge in [0.25, 0.3) is 0 Å². The van der Waals surface area contributed by atoms with Gasteiger partial charge in [-0.2, -0.15) is 11.8 Å². The van der Waals surface area contributed by atoms with Gasteiger partial charge >= 0.3 is 0 Å². The molecule has 3 rings (SSSR count). The molecule has 2 aliphatic heterocycles. The summed E-state index contributed by atoms with van der Waals surface area (Å²) in [5.74, 6) is 4.86. The Hall–Kier alpha value is 0.270. The molecule has 0 aromatic rings. The summed E-state index contributed by atoms with van der Waals surface area (Å²) in [6, 6.07) is 0.794. The first-order valence-corrected chi connectivity index (χ1v) is 8.59. The zero-order valence-corrected chi connectivity index (χ0v) is 11.7. The number of nitrogens with one attached hydrogen (secondary N) is 1. The third-order valence-corrected chi connectivity index (χ3v) is 5.63. The van der Waals surface area contributed by atoms with Gasteiger partial charge in [-0.25, -0.2) is 0 Å². The van der Waals surface area contributed by atoms with E-state index < -0.39 is 0 Å². The maximum absolute atomic E-state index is 3.66. The second kappa shape index (κ2) is 5.94. The lowest BCUT2D eigenvalue weighted by molar-refractivity contribution is 0.212. The van der Waals surface area contributed by atoms with Crippen LogP contribution in [0.5, 0.6) is 0 Å². The smallest absolute Gasteiger partial charge is 0.0195 e. The standard InChI is InChI=1S/C14H26N2S/c1-2-14(15-6-1)10-16(8-12-3-4-12)9-13-5-7-17-11-13/h12-15H,1-11H2. The van der Waals surface area contributed by atoms with E-state index in [1.807, 2.05) is 0 Å². The molecule has 3 heteroatoms. The minimum absolute atomic E-state index is 0.794. The molecule has 1 N–H and O–H groups in total. The van der Waals surface area contributed by atoms with Crippen molar-refractivity contribution >= 4 is 11.8 Å². The highest BCUT2D eigenvalue weighted by Crippen LogP contribution is 2.31. The normalized spacial score (nSPS) is 33.7. The minimum atomic E-state index is 0.794. The first kappa shape index (κ1) is 12.3. The Bertz CT molecular complexity index is 212. The summed E-state index contributed by atoms with van der Waals surface area (Å²) in [5, 5.41) is 3.66. The summed E-state index contributed by atoms with van der Waals surface area (Å²) in [7, 11) is 0. The van der Waals surface area contributed by atoms with E-state index in [2.05, 4.69) is 22.0 Å². The van der Waals surface area contributed by atoms with Crippen molar-refractivity contribution < 1.29 is 0 Å². The number of rotatable bonds is 6. The molecule has 0 radical (unpaired) electrons. The van der Waals surface area contributed by atoms with E-state index in [4.69, 9.17) is 0 Å². The van der Waals surface area contributed by atoms with E-state index in [9.17, 15) is 0 Å². The molecule has 0 aromatic heterocycles. The van der Waals surface area contributed by atoms with Crippen LogP contribution in [0.3, 0.4) is 0 Å². The molecule has 2 nitrogen and oxygen atoms in total. The van der Waals surface area contributed by atoms with Crippen LogP contribution in [-0.2, 0) is 0 Å². The zero-order valence-electron chi connectivity index (χ0n) is 10.9. The van der Waals surface area contributed by atoms with Crippen LogP contribution in [0.4, 0.5) is 0 Å². The van der Waals surface area contributed by atoms with Crippen molar-refractivity contribution in [2.45, 2.75) is 38.1 Å². The average Bonchev–Trinajstić information content (AvgIpc) is 2.82. The Kier molecular flexibility index (Phi) is 4.30. The van der Waals surface area contributed by atoms with Crippen LogP contribution >= 0.6 is 11.8 Å². The minimum Gasteiger partial charge on any atom is -0.313 e. The Morgan fingerprint density at radius 1 is 1.00 bits per heavy atom. The van der Waals surface area contributed by atoms with E-state index >= 15 is 0 Å². The molecule has 2 atom stereocenters. The summed E-state index contributed by atoms with van der Waals surface area (Å²) < 4.78 is 0. The number of thioether (sulfide) groups is 1. The molecule has 3 fully saturated rings. The maximum atomic E-state index is 3.66. The van der Waals surface area contributed by atoms with Crippen LogP contribution in [0.2, 0.25) is 0 Å². The molecule has 1 saturated carbocycles. The van der Waals surface area contributed by atoms with Gasteiger partial charge in [-0.3, -0.25) is 0 Å². The lowest BCUT2D eigenvalue weighted by atomic mass is 10.1. The molecular formula is C14H26N2S. The predicted octanol–water partition coefficient (Wildman–Crippen LogP) is 2.20. The topological polar surface area (TPSA) is 15.3 Å². The molecule has 3 aliphatic rings. The van der Waals surface area contributed by atoms with Crippen molar-refractivity contribution in [3.63, 3.8) is 0 Å². The van der Waals surface area contributed by atoms with Gasteiger partial charge in [0.05, 0.1) is 0 Å². The second-order valence-corrected chi connectivity index (χ2v) is 7.33. The van der Waals surface area contributed by atoms with E-state index in [1.54, 1.807) is 0 Å². The van der Waals surface area contributed by atoms with Gasteiger partial charge in [0, 0.05) is 25.7 Å². The quantitative estimate of drug-likeness (QED) is 0.782. The van der Waals surface area contributed by atoms with E-state index in [-0.39, 0.29) is 0 Å².